The van der Waals surface area contributed by atoms with Crippen molar-refractivity contribution in [2.45, 2.75) is 0 Å². The summed E-state index contributed by atoms with van der Waals surface area (Å²) in [6.07, 6.45) is -3.75. The predicted octanol–water partition coefficient (Wildman–Crippen LogP) is 3.24. The van der Waals surface area contributed by atoms with Gasteiger partial charge in [0.05, 0.1) is 0 Å². The second kappa shape index (κ2) is 3.38. The minimum atomic E-state index is -1.87. The molecule has 0 unspecified atom stereocenters. The zero-order valence-electron chi connectivity index (χ0n) is 5.82. The first-order valence-electron chi connectivity index (χ1n) is 3.08. The molecule has 0 atom stereocenters. The maximum absolute atomic E-state index is 11.8. The van der Waals surface area contributed by atoms with E-state index in [0.29, 0.717) is 0 Å². The molecule has 1 aromatic rings. The molecule has 1 aromatic carbocycles. The van der Waals surface area contributed by atoms with Crippen LogP contribution in [0.25, 0.3) is 0 Å². The average Bonchev–Trinajstić information content (AvgIpc) is 2.04. The molecule has 0 radical (unpaired) electrons. The topological polar surface area (TPSA) is 0 Å². The lowest BCUT2D eigenvalue weighted by Gasteiger charge is -1.85. The normalized spacial score (nSPS) is 9.67. The Morgan fingerprint density at radius 1 is 0.667 bits per heavy atom. The van der Waals surface area contributed by atoms with Crippen LogP contribution in [0.4, 0.5) is 17.6 Å². The number of halogens is 4. The number of rotatable bonds is 2. The second-order valence-corrected chi connectivity index (χ2v) is 2.10. The predicted molar refractivity (Wildman–Crippen MR) is 35.6 cm³/mol. The zero-order valence-corrected chi connectivity index (χ0v) is 5.82. The van der Waals surface area contributed by atoms with Crippen molar-refractivity contribution in [3.8, 4) is 0 Å². The molecule has 0 aliphatic heterocycles. The summed E-state index contributed by atoms with van der Waals surface area (Å²) in [7, 11) is 0. The van der Waals surface area contributed by atoms with Crippen molar-refractivity contribution in [2.75, 3.05) is 0 Å². The van der Waals surface area contributed by atoms with Crippen LogP contribution in [0.1, 0.15) is 11.1 Å². The minimum absolute atomic E-state index is 0.333. The first-order valence-corrected chi connectivity index (χ1v) is 3.08. The Labute approximate surface area is 66.8 Å². The molecule has 4 heteroatoms. The lowest BCUT2D eigenvalue weighted by atomic mass is 10.1. The van der Waals surface area contributed by atoms with Crippen LogP contribution >= 0.6 is 0 Å². The Morgan fingerprint density at radius 3 is 1.08 bits per heavy atom. The van der Waals surface area contributed by atoms with E-state index in [-0.39, 0.29) is 11.1 Å². The quantitative estimate of drug-likeness (QED) is 0.479. The van der Waals surface area contributed by atoms with Gasteiger partial charge in [-0.1, -0.05) is 17.6 Å². The van der Waals surface area contributed by atoms with Crippen LogP contribution in [0.2, 0.25) is 0 Å². The summed E-state index contributed by atoms with van der Waals surface area (Å²) in [5.74, 6) is 0. The highest BCUT2D eigenvalue weighted by Crippen LogP contribution is 2.22. The summed E-state index contributed by atoms with van der Waals surface area (Å²) in [6.45, 7) is 0. The van der Waals surface area contributed by atoms with Crippen molar-refractivity contribution in [3.63, 3.8) is 0 Å². The number of hydrogen-bond acceptors (Lipinski definition) is 0. The van der Waals surface area contributed by atoms with Gasteiger partial charge in [-0.05, 0) is 0 Å². The van der Waals surface area contributed by atoms with Crippen molar-refractivity contribution in [1.82, 2.24) is 0 Å². The summed E-state index contributed by atoms with van der Waals surface area (Å²) in [5, 5.41) is 0. The van der Waals surface area contributed by atoms with E-state index >= 15 is 0 Å². The lowest BCUT2D eigenvalue weighted by Crippen LogP contribution is -1.88. The monoisotopic (exact) mass is 176 g/mol. The first kappa shape index (κ1) is 8.77. The van der Waals surface area contributed by atoms with Crippen LogP contribution in [-0.4, -0.2) is 0 Å². The molecule has 0 fully saturated rings. The Hall–Kier alpha value is -1.32. The van der Waals surface area contributed by atoms with Crippen LogP contribution in [0.3, 0.4) is 0 Å². The third kappa shape index (κ3) is 1.84. The highest BCUT2D eigenvalue weighted by molar-refractivity contribution is 5.31. The van der Waals surface area contributed by atoms with Crippen LogP contribution in [0.15, 0.2) is 24.3 Å². The molecule has 0 spiro atoms. The smallest absolute Gasteiger partial charge is 0.0913 e. The van der Waals surface area contributed by atoms with Gasteiger partial charge in [0.1, 0.15) is 24.3 Å². The van der Waals surface area contributed by atoms with Crippen molar-refractivity contribution >= 4 is 0 Å². The summed E-state index contributed by atoms with van der Waals surface area (Å²) >= 11 is 0. The van der Waals surface area contributed by atoms with E-state index < -0.39 is 12.9 Å². The Morgan fingerprint density at radius 2 is 0.917 bits per heavy atom. The third-order valence-electron chi connectivity index (χ3n) is 1.32. The molecule has 0 N–H and O–H groups in total. The molecule has 0 aliphatic rings. The highest BCUT2D eigenvalue weighted by Gasteiger charge is 2.25. The summed E-state index contributed by atoms with van der Waals surface area (Å²) in [5.41, 5.74) is -0.667. The van der Waals surface area contributed by atoms with Gasteiger partial charge in [-0.25, -0.2) is 0 Å². The molecule has 62 valence electrons. The second-order valence-electron chi connectivity index (χ2n) is 2.10. The van der Waals surface area contributed by atoms with Crippen molar-refractivity contribution < 1.29 is 17.6 Å². The molecular formula is C8H4F4+2. The molecule has 0 bridgehead atoms. The molecule has 0 saturated carbocycles. The van der Waals surface area contributed by atoms with E-state index in [0.717, 1.165) is 24.3 Å². The van der Waals surface area contributed by atoms with Crippen LogP contribution in [0.5, 0.6) is 0 Å². The summed E-state index contributed by atoms with van der Waals surface area (Å²) in [6, 6.07) is 3.79. The minimum Gasteiger partial charge on any atom is -0.0913 e. The van der Waals surface area contributed by atoms with E-state index in [1.165, 1.54) is 0 Å². The van der Waals surface area contributed by atoms with Gasteiger partial charge in [0.25, 0.3) is 0 Å². The molecule has 0 aliphatic carbocycles. The van der Waals surface area contributed by atoms with Gasteiger partial charge in [-0.3, -0.25) is 0 Å². The summed E-state index contributed by atoms with van der Waals surface area (Å²) in [4.78, 5) is 0. The number of benzene rings is 1. The van der Waals surface area contributed by atoms with E-state index in [9.17, 15) is 17.6 Å². The Balaban J connectivity index is 2.86. The Kier molecular flexibility index (Phi) is 2.47. The van der Waals surface area contributed by atoms with E-state index in [2.05, 4.69) is 0 Å². The molecular weight excluding hydrogens is 172 g/mol. The van der Waals surface area contributed by atoms with Crippen LogP contribution in [0, 0.1) is 12.9 Å². The van der Waals surface area contributed by atoms with Gasteiger partial charge in [0, 0.05) is 0 Å². The molecule has 0 heterocycles. The van der Waals surface area contributed by atoms with E-state index in [1.807, 2.05) is 0 Å². The van der Waals surface area contributed by atoms with Gasteiger partial charge in [0.2, 0.25) is 11.1 Å². The third-order valence-corrected chi connectivity index (χ3v) is 1.32. The molecule has 1 rings (SSSR count). The molecule has 0 aromatic heterocycles. The SMILES string of the molecule is F[C+](F)c1ccc([C+](F)F)cc1. The molecule has 0 saturated heterocycles. The first-order chi connectivity index (χ1) is 5.61. The largest absolute Gasteiger partial charge is 0.394 e. The van der Waals surface area contributed by atoms with Crippen LogP contribution < -0.4 is 0 Å². The number of hydrogen-bond donors (Lipinski definition) is 0. The molecule has 0 nitrogen and oxygen atoms in total. The zero-order chi connectivity index (χ0) is 9.14. The van der Waals surface area contributed by atoms with Gasteiger partial charge in [-0.15, -0.1) is 0 Å². The van der Waals surface area contributed by atoms with Gasteiger partial charge >= 0.3 is 12.9 Å². The van der Waals surface area contributed by atoms with Crippen molar-refractivity contribution in [3.05, 3.63) is 48.2 Å². The Bertz CT molecular complexity index is 213. The maximum Gasteiger partial charge on any atom is 0.394 e. The van der Waals surface area contributed by atoms with E-state index in [1.54, 1.807) is 0 Å². The van der Waals surface area contributed by atoms with Gasteiger partial charge in [0.15, 0.2) is 0 Å². The van der Waals surface area contributed by atoms with Gasteiger partial charge in [-0.2, -0.15) is 0 Å². The fourth-order valence-electron chi connectivity index (χ4n) is 0.722. The fourth-order valence-corrected chi connectivity index (χ4v) is 0.722. The maximum atomic E-state index is 11.8. The summed E-state index contributed by atoms with van der Waals surface area (Å²) < 4.78 is 47.3. The fraction of sp³-hybridized carbons (Fsp3) is 0. The highest BCUT2D eigenvalue weighted by atomic mass is 19.3. The molecule has 12 heavy (non-hydrogen) atoms. The standard InChI is InChI=1S/C8H4F4/c9-7(10)5-1-2-6(4-3-5)8(11)12/h1-4H/q+2. The van der Waals surface area contributed by atoms with Crippen molar-refractivity contribution in [1.29, 1.82) is 0 Å². The van der Waals surface area contributed by atoms with Crippen molar-refractivity contribution in [2.24, 2.45) is 0 Å². The van der Waals surface area contributed by atoms with E-state index in [4.69, 9.17) is 0 Å². The average molecular weight is 176 g/mol. The molecule has 0 amide bonds. The lowest BCUT2D eigenvalue weighted by molar-refractivity contribution is 0.320. The van der Waals surface area contributed by atoms with Crippen LogP contribution in [-0.2, 0) is 0 Å². The van der Waals surface area contributed by atoms with Gasteiger partial charge < -0.3 is 0 Å².